The summed E-state index contributed by atoms with van der Waals surface area (Å²) in [5.74, 6) is -1.27. The lowest BCUT2D eigenvalue weighted by Gasteiger charge is -2.23. The standard InChI is InChI=1S/C29H28F3NO4/c1-2-33(24-13-6-21(7-14-24)8-15-25-16-17-26(20-34)37-25)18-4-3-5-19-36-29(35)23-11-9-22(10-12-23)27(30)28(31)32/h6-17,20H,2-5,18-19H2,1H3/b15-8+. The highest BCUT2D eigenvalue weighted by molar-refractivity contribution is 5.89. The summed E-state index contributed by atoms with van der Waals surface area (Å²) in [7, 11) is 0. The summed E-state index contributed by atoms with van der Waals surface area (Å²) in [6.07, 6.45) is 4.47. The van der Waals surface area contributed by atoms with Gasteiger partial charge in [0.25, 0.3) is 0 Å². The lowest BCUT2D eigenvalue weighted by atomic mass is 10.1. The van der Waals surface area contributed by atoms with Crippen LogP contribution in [0.25, 0.3) is 18.0 Å². The summed E-state index contributed by atoms with van der Waals surface area (Å²) in [5, 5.41) is 0. The first-order valence-electron chi connectivity index (χ1n) is 12.0. The monoisotopic (exact) mass is 511 g/mol. The molecule has 1 heterocycles. The number of carbonyl (C=O) groups is 2. The fourth-order valence-electron chi connectivity index (χ4n) is 3.66. The Morgan fingerprint density at radius 3 is 2.16 bits per heavy atom. The Labute approximate surface area is 213 Å². The van der Waals surface area contributed by atoms with Gasteiger partial charge in [-0.15, -0.1) is 0 Å². The van der Waals surface area contributed by atoms with E-state index >= 15 is 0 Å². The molecule has 0 saturated carbocycles. The van der Waals surface area contributed by atoms with E-state index in [9.17, 15) is 22.8 Å². The average molecular weight is 512 g/mol. The molecule has 0 aliphatic rings. The molecule has 5 nitrogen and oxygen atoms in total. The SMILES string of the molecule is CCN(CCCCCOC(=O)c1ccc(C(F)=C(F)F)cc1)c1ccc(/C=C/c2ccc(C=O)o2)cc1. The molecule has 0 spiro atoms. The molecule has 0 amide bonds. The number of hydrogen-bond acceptors (Lipinski definition) is 5. The Bertz CT molecular complexity index is 1230. The van der Waals surface area contributed by atoms with E-state index in [0.29, 0.717) is 24.2 Å². The van der Waals surface area contributed by atoms with Crippen molar-refractivity contribution < 1.29 is 31.9 Å². The lowest BCUT2D eigenvalue weighted by Crippen LogP contribution is -2.23. The number of carbonyl (C=O) groups excluding carboxylic acids is 2. The number of unbranched alkanes of at least 4 members (excludes halogenated alkanes) is 2. The van der Waals surface area contributed by atoms with E-state index in [2.05, 4.69) is 24.0 Å². The molecule has 0 aliphatic heterocycles. The summed E-state index contributed by atoms with van der Waals surface area (Å²) in [5.41, 5.74) is 2.01. The molecule has 0 bridgehead atoms. The molecule has 8 heteroatoms. The van der Waals surface area contributed by atoms with Gasteiger partial charge < -0.3 is 14.1 Å². The van der Waals surface area contributed by atoms with E-state index in [0.717, 1.165) is 49.3 Å². The van der Waals surface area contributed by atoms with Gasteiger partial charge in [-0.1, -0.05) is 30.3 Å². The van der Waals surface area contributed by atoms with E-state index in [1.54, 1.807) is 12.1 Å². The zero-order valence-corrected chi connectivity index (χ0v) is 20.5. The number of furan rings is 1. The van der Waals surface area contributed by atoms with Gasteiger partial charge in [0.2, 0.25) is 0 Å². The molecular weight excluding hydrogens is 483 g/mol. The second-order valence-corrected chi connectivity index (χ2v) is 8.21. The Hall–Kier alpha value is -4.07. The minimum atomic E-state index is -2.40. The third-order valence-corrected chi connectivity index (χ3v) is 5.69. The number of aldehydes is 1. The molecule has 3 rings (SSSR count). The van der Waals surface area contributed by atoms with Crippen LogP contribution in [0.4, 0.5) is 18.9 Å². The summed E-state index contributed by atoms with van der Waals surface area (Å²) in [4.78, 5) is 25.1. The average Bonchev–Trinajstić information content (AvgIpc) is 3.39. The number of rotatable bonds is 13. The normalized spacial score (nSPS) is 10.9. The van der Waals surface area contributed by atoms with E-state index in [4.69, 9.17) is 9.15 Å². The Balaban J connectivity index is 1.38. The number of benzene rings is 2. The first-order valence-corrected chi connectivity index (χ1v) is 12.0. The van der Waals surface area contributed by atoms with Crippen LogP contribution in [0.1, 0.15) is 64.0 Å². The third kappa shape index (κ3) is 8.24. The number of hydrogen-bond donors (Lipinski definition) is 0. The van der Waals surface area contributed by atoms with Crippen LogP contribution in [0.3, 0.4) is 0 Å². The molecule has 194 valence electrons. The number of halogens is 3. The van der Waals surface area contributed by atoms with Crippen LogP contribution in [-0.2, 0) is 4.74 Å². The van der Waals surface area contributed by atoms with Crippen LogP contribution >= 0.6 is 0 Å². The first-order chi connectivity index (χ1) is 17.9. The van der Waals surface area contributed by atoms with Gasteiger partial charge in [-0.2, -0.15) is 8.78 Å². The van der Waals surface area contributed by atoms with Crippen molar-refractivity contribution in [3.63, 3.8) is 0 Å². The first kappa shape index (κ1) is 27.5. The molecule has 37 heavy (non-hydrogen) atoms. The number of nitrogens with zero attached hydrogens (tertiary/aromatic N) is 1. The maximum atomic E-state index is 13.2. The van der Waals surface area contributed by atoms with Crippen molar-refractivity contribution in [1.82, 2.24) is 0 Å². The molecule has 0 atom stereocenters. The summed E-state index contributed by atoms with van der Waals surface area (Å²) in [6, 6.07) is 16.3. The van der Waals surface area contributed by atoms with Gasteiger partial charge in [-0.3, -0.25) is 4.79 Å². The maximum absolute atomic E-state index is 13.2. The van der Waals surface area contributed by atoms with Gasteiger partial charge in [0.05, 0.1) is 12.2 Å². The quantitative estimate of drug-likeness (QED) is 0.134. The molecule has 0 N–H and O–H groups in total. The predicted molar refractivity (Wildman–Crippen MR) is 138 cm³/mol. The Kier molecular flexibility index (Phi) is 10.3. The van der Waals surface area contributed by atoms with E-state index in [1.807, 2.05) is 24.3 Å². The topological polar surface area (TPSA) is 59.8 Å². The zero-order chi connectivity index (χ0) is 26.6. The molecule has 0 unspecified atom stereocenters. The maximum Gasteiger partial charge on any atom is 0.338 e. The number of esters is 1. The second-order valence-electron chi connectivity index (χ2n) is 8.21. The van der Waals surface area contributed by atoms with Crippen molar-refractivity contribution in [2.24, 2.45) is 0 Å². The van der Waals surface area contributed by atoms with Crippen molar-refractivity contribution in [2.45, 2.75) is 26.2 Å². The molecule has 2 aromatic carbocycles. The van der Waals surface area contributed by atoms with Crippen molar-refractivity contribution in [2.75, 3.05) is 24.6 Å². The van der Waals surface area contributed by atoms with Crippen molar-refractivity contribution in [3.05, 3.63) is 95.0 Å². The van der Waals surface area contributed by atoms with Crippen LogP contribution in [0.2, 0.25) is 0 Å². The Morgan fingerprint density at radius 2 is 1.54 bits per heavy atom. The minimum absolute atomic E-state index is 0.182. The number of ether oxygens (including phenoxy) is 1. The van der Waals surface area contributed by atoms with Crippen molar-refractivity contribution >= 4 is 35.9 Å². The second kappa shape index (κ2) is 13.9. The highest BCUT2D eigenvalue weighted by atomic mass is 19.3. The molecule has 1 aromatic heterocycles. The molecule has 0 radical (unpaired) electrons. The fourth-order valence-corrected chi connectivity index (χ4v) is 3.66. The van der Waals surface area contributed by atoms with Gasteiger partial charge in [0.15, 0.2) is 17.9 Å². The molecule has 0 fully saturated rings. The molecule has 0 saturated heterocycles. The highest BCUT2D eigenvalue weighted by Crippen LogP contribution is 2.22. The molecule has 0 aliphatic carbocycles. The van der Waals surface area contributed by atoms with Gasteiger partial charge >= 0.3 is 12.0 Å². The largest absolute Gasteiger partial charge is 0.462 e. The van der Waals surface area contributed by atoms with Gasteiger partial charge in [-0.25, -0.2) is 9.18 Å². The predicted octanol–water partition coefficient (Wildman–Crippen LogP) is 7.65. The fraction of sp³-hybridized carbons (Fsp3) is 0.241. The summed E-state index contributed by atoms with van der Waals surface area (Å²) < 4.78 is 48.4. The van der Waals surface area contributed by atoms with Crippen LogP contribution in [0.15, 0.2) is 71.2 Å². The summed E-state index contributed by atoms with van der Waals surface area (Å²) >= 11 is 0. The van der Waals surface area contributed by atoms with E-state index in [-0.39, 0.29) is 17.7 Å². The van der Waals surface area contributed by atoms with E-state index < -0.39 is 17.9 Å². The zero-order valence-electron chi connectivity index (χ0n) is 20.5. The van der Waals surface area contributed by atoms with Crippen LogP contribution < -0.4 is 4.90 Å². The minimum Gasteiger partial charge on any atom is -0.462 e. The van der Waals surface area contributed by atoms with Crippen molar-refractivity contribution in [1.29, 1.82) is 0 Å². The van der Waals surface area contributed by atoms with Crippen LogP contribution in [0, 0.1) is 0 Å². The Morgan fingerprint density at radius 1 is 0.865 bits per heavy atom. The smallest absolute Gasteiger partial charge is 0.338 e. The van der Waals surface area contributed by atoms with E-state index in [1.165, 1.54) is 12.1 Å². The van der Waals surface area contributed by atoms with Gasteiger partial charge in [-0.05, 0) is 74.2 Å². The van der Waals surface area contributed by atoms with Crippen LogP contribution in [-0.4, -0.2) is 32.0 Å². The molecular formula is C29H28F3NO4. The lowest BCUT2D eigenvalue weighted by molar-refractivity contribution is 0.0498. The third-order valence-electron chi connectivity index (χ3n) is 5.69. The highest BCUT2D eigenvalue weighted by Gasteiger charge is 2.11. The molecule has 3 aromatic rings. The van der Waals surface area contributed by atoms with Crippen molar-refractivity contribution in [3.8, 4) is 0 Å². The summed E-state index contributed by atoms with van der Waals surface area (Å²) in [6.45, 7) is 4.03. The van der Waals surface area contributed by atoms with Gasteiger partial charge in [0, 0.05) is 24.3 Å². The van der Waals surface area contributed by atoms with Gasteiger partial charge in [0.1, 0.15) is 5.76 Å². The number of anilines is 1. The van der Waals surface area contributed by atoms with Crippen LogP contribution in [0.5, 0.6) is 0 Å².